The average Bonchev–Trinajstić information content (AvgIpc) is 2.64. The molecule has 132 valence electrons. The zero-order valence-corrected chi connectivity index (χ0v) is 14.3. The molecular weight excluding hydrogens is 335 g/mol. The average molecular weight is 353 g/mol. The van der Waals surface area contributed by atoms with Gasteiger partial charge in [-0.2, -0.15) is 13.2 Å². The molecule has 0 aliphatic heterocycles. The van der Waals surface area contributed by atoms with Crippen LogP contribution in [0, 0.1) is 11.8 Å². The summed E-state index contributed by atoms with van der Waals surface area (Å²) < 4.78 is 37.6. The van der Waals surface area contributed by atoms with E-state index in [-0.39, 0.29) is 6.04 Å². The molecule has 0 unspecified atom stereocenters. The van der Waals surface area contributed by atoms with E-state index in [4.69, 9.17) is 0 Å². The predicted octanol–water partition coefficient (Wildman–Crippen LogP) is 5.56. The Balaban J connectivity index is 1.64. The lowest BCUT2D eigenvalue weighted by atomic mass is 10.00. The monoisotopic (exact) mass is 353 g/mol. The van der Waals surface area contributed by atoms with E-state index in [2.05, 4.69) is 48.3 Å². The number of halogens is 3. The second-order valence-corrected chi connectivity index (χ2v) is 6.05. The third-order valence-electron chi connectivity index (χ3n) is 4.23. The Labute approximate surface area is 150 Å². The minimum Gasteiger partial charge on any atom is -0.300 e. The van der Waals surface area contributed by atoms with Gasteiger partial charge in [0.25, 0.3) is 0 Å². The van der Waals surface area contributed by atoms with Crippen LogP contribution < -0.4 is 5.32 Å². The molecule has 1 atom stereocenters. The van der Waals surface area contributed by atoms with Crippen molar-refractivity contribution in [1.82, 2.24) is 5.32 Å². The minimum absolute atomic E-state index is 0.114. The first-order valence-corrected chi connectivity index (χ1v) is 8.32. The van der Waals surface area contributed by atoms with E-state index in [1.165, 1.54) is 28.5 Å². The Morgan fingerprint density at radius 2 is 1.62 bits per heavy atom. The summed E-state index contributed by atoms with van der Waals surface area (Å²) in [6.45, 7) is 2.52. The molecule has 0 aliphatic rings. The van der Waals surface area contributed by atoms with Crippen LogP contribution in [0.25, 0.3) is 10.8 Å². The maximum atomic E-state index is 12.5. The van der Waals surface area contributed by atoms with Crippen LogP contribution >= 0.6 is 0 Å². The smallest absolute Gasteiger partial charge is 0.300 e. The highest BCUT2D eigenvalue weighted by atomic mass is 19.4. The largest absolute Gasteiger partial charge is 0.416 e. The first kappa shape index (κ1) is 18.0. The van der Waals surface area contributed by atoms with Crippen molar-refractivity contribution in [3.63, 3.8) is 0 Å². The Hall–Kier alpha value is -2.77. The lowest BCUT2D eigenvalue weighted by molar-refractivity contribution is -0.137. The molecule has 4 heteroatoms. The molecule has 0 heterocycles. The molecule has 3 rings (SSSR count). The maximum Gasteiger partial charge on any atom is 0.416 e. The van der Waals surface area contributed by atoms with Crippen LogP contribution in [-0.2, 0) is 6.18 Å². The van der Waals surface area contributed by atoms with Gasteiger partial charge in [0.05, 0.1) is 12.1 Å². The summed E-state index contributed by atoms with van der Waals surface area (Å²) in [5.74, 6) is 5.85. The lowest BCUT2D eigenvalue weighted by Crippen LogP contribution is -2.19. The van der Waals surface area contributed by atoms with Gasteiger partial charge in [0.2, 0.25) is 0 Å². The zero-order chi connectivity index (χ0) is 18.6. The standard InChI is InChI=1S/C22H18F3N/c1-16(20-10-4-8-18-7-2-3-9-21(18)20)26-15-5-6-17-11-13-19(14-12-17)22(23,24)25/h2-4,7-14,16,26H,15H2,1H3/t16-/m1/s1. The van der Waals surface area contributed by atoms with Crippen LogP contribution in [0.2, 0.25) is 0 Å². The molecule has 1 nitrogen and oxygen atoms in total. The minimum atomic E-state index is -4.32. The van der Waals surface area contributed by atoms with Gasteiger partial charge >= 0.3 is 6.18 Å². The highest BCUT2D eigenvalue weighted by Crippen LogP contribution is 2.29. The molecule has 0 spiro atoms. The van der Waals surface area contributed by atoms with E-state index in [0.717, 1.165) is 12.1 Å². The van der Waals surface area contributed by atoms with E-state index >= 15 is 0 Å². The molecule has 0 saturated carbocycles. The van der Waals surface area contributed by atoms with Gasteiger partial charge in [0.15, 0.2) is 0 Å². The number of rotatable bonds is 3. The van der Waals surface area contributed by atoms with Crippen LogP contribution in [0.15, 0.2) is 66.7 Å². The topological polar surface area (TPSA) is 12.0 Å². The summed E-state index contributed by atoms with van der Waals surface area (Å²) in [7, 11) is 0. The maximum absolute atomic E-state index is 12.5. The fraction of sp³-hybridized carbons (Fsp3) is 0.182. The van der Waals surface area contributed by atoms with Gasteiger partial charge in [-0.25, -0.2) is 0 Å². The number of benzene rings is 3. The molecule has 0 bridgehead atoms. The van der Waals surface area contributed by atoms with Gasteiger partial charge in [-0.05, 0) is 47.5 Å². The van der Waals surface area contributed by atoms with Crippen molar-refractivity contribution in [3.05, 3.63) is 83.4 Å². The molecule has 0 aromatic heterocycles. The fourth-order valence-corrected chi connectivity index (χ4v) is 2.83. The molecule has 0 aliphatic carbocycles. The van der Waals surface area contributed by atoms with E-state index in [1.54, 1.807) is 0 Å². The van der Waals surface area contributed by atoms with Gasteiger partial charge in [0, 0.05) is 11.6 Å². The molecule has 0 radical (unpaired) electrons. The predicted molar refractivity (Wildman–Crippen MR) is 98.7 cm³/mol. The third kappa shape index (κ3) is 4.25. The van der Waals surface area contributed by atoms with E-state index in [1.807, 2.05) is 18.2 Å². The number of nitrogens with one attached hydrogen (secondary N) is 1. The quantitative estimate of drug-likeness (QED) is 0.608. The molecule has 3 aromatic carbocycles. The summed E-state index contributed by atoms with van der Waals surface area (Å²) in [4.78, 5) is 0. The summed E-state index contributed by atoms with van der Waals surface area (Å²) in [6, 6.07) is 19.4. The number of fused-ring (bicyclic) bond motifs is 1. The van der Waals surface area contributed by atoms with Crippen molar-refractivity contribution in [2.45, 2.75) is 19.1 Å². The van der Waals surface area contributed by atoms with Crippen molar-refractivity contribution in [2.75, 3.05) is 6.54 Å². The number of hydrogen-bond donors (Lipinski definition) is 1. The van der Waals surface area contributed by atoms with Crippen LogP contribution in [0.4, 0.5) is 13.2 Å². The SMILES string of the molecule is C[C@@H](NCC#Cc1ccc(C(F)(F)F)cc1)c1cccc2ccccc12. The Bertz CT molecular complexity index is 942. The molecule has 3 aromatic rings. The second-order valence-electron chi connectivity index (χ2n) is 6.05. The second kappa shape index (κ2) is 7.63. The van der Waals surface area contributed by atoms with Gasteiger partial charge in [-0.1, -0.05) is 54.3 Å². The van der Waals surface area contributed by atoms with E-state index < -0.39 is 11.7 Å². The molecule has 0 fully saturated rings. The summed E-state index contributed by atoms with van der Waals surface area (Å²) in [6.07, 6.45) is -4.32. The van der Waals surface area contributed by atoms with Crippen molar-refractivity contribution >= 4 is 10.8 Å². The van der Waals surface area contributed by atoms with E-state index in [9.17, 15) is 13.2 Å². The van der Waals surface area contributed by atoms with Gasteiger partial charge in [0.1, 0.15) is 0 Å². The summed E-state index contributed by atoms with van der Waals surface area (Å²) in [5.41, 5.74) is 1.10. The van der Waals surface area contributed by atoms with Crippen LogP contribution in [0.3, 0.4) is 0 Å². The Morgan fingerprint density at radius 3 is 2.35 bits per heavy atom. The highest BCUT2D eigenvalue weighted by Gasteiger charge is 2.29. The number of hydrogen-bond acceptors (Lipinski definition) is 1. The molecule has 0 saturated heterocycles. The third-order valence-corrected chi connectivity index (χ3v) is 4.23. The van der Waals surface area contributed by atoms with Gasteiger partial charge in [-0.3, -0.25) is 5.32 Å². The van der Waals surface area contributed by atoms with Crippen LogP contribution in [0.5, 0.6) is 0 Å². The normalized spacial score (nSPS) is 12.5. The Morgan fingerprint density at radius 1 is 0.923 bits per heavy atom. The molecular formula is C22H18F3N. The molecule has 0 amide bonds. The van der Waals surface area contributed by atoms with Gasteiger partial charge < -0.3 is 0 Å². The summed E-state index contributed by atoms with van der Waals surface area (Å²) in [5, 5.41) is 5.73. The highest BCUT2D eigenvalue weighted by molar-refractivity contribution is 5.86. The van der Waals surface area contributed by atoms with E-state index in [0.29, 0.717) is 12.1 Å². The van der Waals surface area contributed by atoms with Crippen molar-refractivity contribution in [2.24, 2.45) is 0 Å². The van der Waals surface area contributed by atoms with Crippen LogP contribution in [0.1, 0.15) is 29.7 Å². The van der Waals surface area contributed by atoms with Crippen LogP contribution in [-0.4, -0.2) is 6.54 Å². The molecule has 26 heavy (non-hydrogen) atoms. The zero-order valence-electron chi connectivity index (χ0n) is 14.3. The first-order chi connectivity index (χ1) is 12.4. The summed E-state index contributed by atoms with van der Waals surface area (Å²) >= 11 is 0. The van der Waals surface area contributed by atoms with Crippen molar-refractivity contribution < 1.29 is 13.2 Å². The van der Waals surface area contributed by atoms with Gasteiger partial charge in [-0.15, -0.1) is 0 Å². The number of alkyl halides is 3. The fourth-order valence-electron chi connectivity index (χ4n) is 2.83. The van der Waals surface area contributed by atoms with Crippen molar-refractivity contribution in [3.8, 4) is 11.8 Å². The molecule has 1 N–H and O–H groups in total. The Kier molecular flexibility index (Phi) is 5.29. The van der Waals surface area contributed by atoms with Crippen molar-refractivity contribution in [1.29, 1.82) is 0 Å². The first-order valence-electron chi connectivity index (χ1n) is 8.32. The lowest BCUT2D eigenvalue weighted by Gasteiger charge is -2.15.